The number of aliphatic carboxylic acids is 3. The average Bonchev–Trinajstić information content (AvgIpc) is 3.45. The second-order valence-electron chi connectivity index (χ2n) is 9.77. The first-order valence-corrected chi connectivity index (χ1v) is 13.5. The molecule has 4 aromatic rings. The molecular weight excluding hydrogens is 687 g/mol. The summed E-state index contributed by atoms with van der Waals surface area (Å²) in [6, 6.07) is 12.3. The fourth-order valence-corrected chi connectivity index (χ4v) is 3.95. The highest BCUT2D eigenvalue weighted by Crippen LogP contribution is 2.27. The van der Waals surface area contributed by atoms with Crippen LogP contribution in [0.15, 0.2) is 67.4 Å². The van der Waals surface area contributed by atoms with E-state index < -0.39 is 36.4 Å². The van der Waals surface area contributed by atoms with Crippen molar-refractivity contribution in [1.29, 1.82) is 0 Å². The number of likely N-dealkylation sites (tertiary alicyclic amines) is 1. The molecule has 0 saturated carbocycles. The van der Waals surface area contributed by atoms with Crippen LogP contribution < -0.4 is 0 Å². The molecule has 1 atom stereocenters. The van der Waals surface area contributed by atoms with Gasteiger partial charge in [0.15, 0.2) is 11.5 Å². The second-order valence-corrected chi connectivity index (χ2v) is 9.77. The molecule has 1 unspecified atom stereocenters. The summed E-state index contributed by atoms with van der Waals surface area (Å²) in [5, 5.41) is 26.2. The van der Waals surface area contributed by atoms with Gasteiger partial charge in [-0.25, -0.2) is 23.9 Å². The van der Waals surface area contributed by atoms with Crippen molar-refractivity contribution in [1.82, 2.24) is 29.5 Å². The maximum atomic E-state index is 10.6. The lowest BCUT2D eigenvalue weighted by Crippen LogP contribution is -2.34. The molecule has 1 aliphatic heterocycles. The van der Waals surface area contributed by atoms with Crippen molar-refractivity contribution in [3.05, 3.63) is 78.8 Å². The molecule has 0 spiro atoms. The molecule has 1 aliphatic rings. The van der Waals surface area contributed by atoms with Gasteiger partial charge in [0.2, 0.25) is 0 Å². The zero-order valence-corrected chi connectivity index (χ0v) is 24.6. The predicted octanol–water partition coefficient (Wildman–Crippen LogP) is 5.47. The van der Waals surface area contributed by atoms with E-state index in [9.17, 15) is 39.5 Å². The van der Waals surface area contributed by atoms with Crippen molar-refractivity contribution in [3.8, 4) is 11.1 Å². The summed E-state index contributed by atoms with van der Waals surface area (Å²) in [5.41, 5.74) is 4.41. The monoisotopic (exact) mass is 712 g/mol. The van der Waals surface area contributed by atoms with Gasteiger partial charge in [-0.1, -0.05) is 6.07 Å². The van der Waals surface area contributed by atoms with Gasteiger partial charge in [-0.15, -0.1) is 0 Å². The van der Waals surface area contributed by atoms with Gasteiger partial charge in [-0.3, -0.25) is 14.9 Å². The molecule has 0 radical (unpaired) electrons. The average molecular weight is 713 g/mol. The fraction of sp³-hybridized carbons (Fsp3) is 0.321. The molecule has 3 N–H and O–H groups in total. The van der Waals surface area contributed by atoms with Crippen LogP contribution in [0.5, 0.6) is 0 Å². The van der Waals surface area contributed by atoms with E-state index >= 15 is 0 Å². The van der Waals surface area contributed by atoms with Gasteiger partial charge in [-0.05, 0) is 60.8 Å². The zero-order chi connectivity index (χ0) is 37.0. The minimum absolute atomic E-state index is 0.370. The summed E-state index contributed by atoms with van der Waals surface area (Å²) in [4.78, 5) is 42.3. The number of carboxylic acid groups (broad SMARTS) is 3. The summed E-state index contributed by atoms with van der Waals surface area (Å²) < 4.78 is 97.1. The predicted molar refractivity (Wildman–Crippen MR) is 149 cm³/mol. The molecule has 0 bridgehead atoms. The summed E-state index contributed by atoms with van der Waals surface area (Å²) in [5.74, 6) is -6.95. The lowest BCUT2D eigenvalue weighted by Gasteiger charge is -2.31. The molecule has 0 aromatic carbocycles. The Bertz CT molecular complexity index is 1610. The molecule has 0 aliphatic carbocycles. The Morgan fingerprint density at radius 1 is 0.755 bits per heavy atom. The number of piperidine rings is 1. The summed E-state index contributed by atoms with van der Waals surface area (Å²) in [6.45, 7) is 3.04. The molecule has 1 fully saturated rings. The highest BCUT2D eigenvalue weighted by Gasteiger charge is 2.39. The van der Waals surface area contributed by atoms with Crippen LogP contribution >= 0.6 is 0 Å². The molecule has 21 heteroatoms. The van der Waals surface area contributed by atoms with Crippen LogP contribution in [-0.2, 0) is 20.9 Å². The first-order valence-electron chi connectivity index (χ1n) is 13.5. The Morgan fingerprint density at radius 2 is 1.31 bits per heavy atom. The summed E-state index contributed by atoms with van der Waals surface area (Å²) >= 11 is 0. The minimum atomic E-state index is -5.08. The smallest absolute Gasteiger partial charge is 0.475 e. The third-order valence-corrected chi connectivity index (χ3v) is 6.09. The van der Waals surface area contributed by atoms with Crippen molar-refractivity contribution in [2.45, 2.75) is 43.8 Å². The number of carboxylic acids is 3. The Balaban J connectivity index is 0.000000325. The SMILES string of the molecule is O=C(O)C(F)(F)F.O=C(O)C(F)(F)F.O=C(O)C(F)(F)F.c1cncc(CN2CCCC(c3nc4ccc(-c5ccncc5)cn4n3)C2)c1. The number of nitrogens with zero attached hydrogens (tertiary/aromatic N) is 6. The minimum Gasteiger partial charge on any atom is -0.475 e. The molecule has 0 amide bonds. The van der Waals surface area contributed by atoms with Crippen molar-refractivity contribution < 1.29 is 69.2 Å². The van der Waals surface area contributed by atoms with Crippen molar-refractivity contribution in [2.24, 2.45) is 0 Å². The molecule has 12 nitrogen and oxygen atoms in total. The van der Waals surface area contributed by atoms with Crippen LogP contribution in [-0.4, -0.2) is 94.3 Å². The molecule has 49 heavy (non-hydrogen) atoms. The third-order valence-electron chi connectivity index (χ3n) is 6.09. The van der Waals surface area contributed by atoms with E-state index in [4.69, 9.17) is 39.8 Å². The lowest BCUT2D eigenvalue weighted by molar-refractivity contribution is -0.193. The quantitative estimate of drug-likeness (QED) is 0.230. The van der Waals surface area contributed by atoms with Crippen LogP contribution in [0, 0.1) is 0 Å². The van der Waals surface area contributed by atoms with E-state index in [0.29, 0.717) is 5.92 Å². The number of alkyl halides is 9. The second kappa shape index (κ2) is 17.2. The maximum Gasteiger partial charge on any atom is 0.490 e. The number of halogens is 9. The van der Waals surface area contributed by atoms with Crippen LogP contribution in [0.2, 0.25) is 0 Å². The Labute approximate surface area is 269 Å². The van der Waals surface area contributed by atoms with E-state index in [2.05, 4.69) is 33.2 Å². The Morgan fingerprint density at radius 3 is 1.80 bits per heavy atom. The van der Waals surface area contributed by atoms with E-state index in [1.54, 1.807) is 0 Å². The zero-order valence-electron chi connectivity index (χ0n) is 24.6. The number of pyridine rings is 3. The van der Waals surface area contributed by atoms with Gasteiger partial charge in [0, 0.05) is 55.6 Å². The lowest BCUT2D eigenvalue weighted by atomic mass is 9.97. The summed E-state index contributed by atoms with van der Waals surface area (Å²) in [6.07, 6.45) is -3.50. The van der Waals surface area contributed by atoms with Gasteiger partial charge >= 0.3 is 36.4 Å². The highest BCUT2D eigenvalue weighted by molar-refractivity contribution is 5.73. The van der Waals surface area contributed by atoms with E-state index in [1.165, 1.54) is 12.0 Å². The largest absolute Gasteiger partial charge is 0.490 e. The molecule has 266 valence electrons. The first kappa shape index (κ1) is 39.8. The number of aromatic nitrogens is 5. The van der Waals surface area contributed by atoms with E-state index in [1.807, 2.05) is 53.6 Å². The van der Waals surface area contributed by atoms with E-state index in [0.717, 1.165) is 48.7 Å². The van der Waals surface area contributed by atoms with Gasteiger partial charge in [0.1, 0.15) is 0 Å². The van der Waals surface area contributed by atoms with Crippen LogP contribution in [0.3, 0.4) is 0 Å². The molecule has 5 rings (SSSR count). The molecule has 5 heterocycles. The highest BCUT2D eigenvalue weighted by atomic mass is 19.4. The standard InChI is InChI=1S/C22H22N6.3C2HF3O2/c1-3-17(13-24-9-1)14-27-12-2-4-20(15-27)22-25-21-6-5-19(16-28(21)26-22)18-7-10-23-11-8-18;3*3-2(4,5)1(6)7/h1,3,5-11,13,16,20H,2,4,12,14-15H2;3*(H,6,7). The number of fused-ring (bicyclic) bond motifs is 1. The number of rotatable bonds is 4. The van der Waals surface area contributed by atoms with Crippen molar-refractivity contribution in [3.63, 3.8) is 0 Å². The molecule has 1 saturated heterocycles. The number of hydrogen-bond donors (Lipinski definition) is 3. The van der Waals surface area contributed by atoms with Gasteiger partial charge in [0.05, 0.1) is 0 Å². The van der Waals surface area contributed by atoms with Crippen molar-refractivity contribution in [2.75, 3.05) is 13.1 Å². The van der Waals surface area contributed by atoms with Gasteiger partial charge in [-0.2, -0.15) is 44.6 Å². The fourth-order valence-electron chi connectivity index (χ4n) is 3.95. The maximum absolute atomic E-state index is 10.6. The molecular formula is C28H25F9N6O6. The van der Waals surface area contributed by atoms with E-state index in [-0.39, 0.29) is 0 Å². The topological polar surface area (TPSA) is 171 Å². The van der Waals surface area contributed by atoms with Crippen LogP contribution in [0.1, 0.15) is 30.1 Å². The first-order chi connectivity index (χ1) is 22.7. The van der Waals surface area contributed by atoms with Gasteiger partial charge in [0.25, 0.3) is 0 Å². The normalized spacial score (nSPS) is 15.0. The van der Waals surface area contributed by atoms with Crippen molar-refractivity contribution >= 4 is 23.6 Å². The summed E-state index contributed by atoms with van der Waals surface area (Å²) in [7, 11) is 0. The van der Waals surface area contributed by atoms with Crippen LogP contribution in [0.25, 0.3) is 16.8 Å². The Hall–Kier alpha value is -5.34. The van der Waals surface area contributed by atoms with Crippen LogP contribution in [0.4, 0.5) is 39.5 Å². The Kier molecular flexibility index (Phi) is 14.0. The third kappa shape index (κ3) is 13.7. The van der Waals surface area contributed by atoms with Gasteiger partial charge < -0.3 is 15.3 Å². The number of carbonyl (C=O) groups is 3. The molecule has 4 aromatic heterocycles. The number of hydrogen-bond acceptors (Lipinski definition) is 8.